The normalized spacial score (nSPS) is 22.6. The first-order chi connectivity index (χ1) is 8.74. The van der Waals surface area contributed by atoms with Crippen LogP contribution < -0.4 is 11.1 Å². The number of carbonyl (C=O) groups is 1. The van der Waals surface area contributed by atoms with Crippen molar-refractivity contribution in [1.82, 2.24) is 5.32 Å². The maximum absolute atomic E-state index is 9.76. The number of ether oxygens (including phenoxy) is 1. The highest BCUT2D eigenvalue weighted by molar-refractivity contribution is 5.37. The number of piperidine rings is 1. The van der Waals surface area contributed by atoms with Crippen molar-refractivity contribution in [3.8, 4) is 0 Å². The molecule has 1 fully saturated rings. The molecule has 100 valence electrons. The standard InChI is InChI=1S/C8H8O2.C5H12N2O/c9-7-10-6-8-4-2-1-3-5-8;6-4-1-2-7-3-5(4)8/h1-5,7H,6H2;4-5,7-8H,1-3,6H2. The van der Waals surface area contributed by atoms with Gasteiger partial charge in [0.15, 0.2) is 0 Å². The maximum atomic E-state index is 9.76. The van der Waals surface area contributed by atoms with E-state index in [1.165, 1.54) is 0 Å². The Balaban J connectivity index is 0.000000184. The Labute approximate surface area is 107 Å². The van der Waals surface area contributed by atoms with Crippen LogP contribution in [0.5, 0.6) is 0 Å². The minimum atomic E-state index is -0.330. The highest BCUT2D eigenvalue weighted by atomic mass is 16.5. The molecule has 18 heavy (non-hydrogen) atoms. The second-order valence-corrected chi connectivity index (χ2v) is 4.12. The molecule has 1 saturated heterocycles. The van der Waals surface area contributed by atoms with Gasteiger partial charge in [-0.25, -0.2) is 0 Å². The Morgan fingerprint density at radius 2 is 2.17 bits per heavy atom. The third kappa shape index (κ3) is 5.77. The predicted molar refractivity (Wildman–Crippen MR) is 68.8 cm³/mol. The molecule has 1 aliphatic rings. The van der Waals surface area contributed by atoms with E-state index < -0.39 is 0 Å². The molecule has 5 heteroatoms. The summed E-state index contributed by atoms with van der Waals surface area (Å²) in [6.45, 7) is 2.41. The van der Waals surface area contributed by atoms with Crippen LogP contribution in [0, 0.1) is 0 Å². The Morgan fingerprint density at radius 1 is 1.44 bits per heavy atom. The van der Waals surface area contributed by atoms with Crippen molar-refractivity contribution in [2.24, 2.45) is 5.73 Å². The zero-order valence-corrected chi connectivity index (χ0v) is 10.3. The van der Waals surface area contributed by atoms with E-state index in [0.29, 0.717) is 19.6 Å². The average Bonchev–Trinajstić information content (AvgIpc) is 2.42. The molecule has 1 aliphatic heterocycles. The molecule has 1 aromatic carbocycles. The lowest BCUT2D eigenvalue weighted by atomic mass is 10.1. The molecule has 0 radical (unpaired) electrons. The molecule has 0 aliphatic carbocycles. The van der Waals surface area contributed by atoms with Crippen LogP contribution >= 0.6 is 0 Å². The van der Waals surface area contributed by atoms with Crippen molar-refractivity contribution in [2.45, 2.75) is 25.2 Å². The van der Waals surface area contributed by atoms with Crippen molar-refractivity contribution in [1.29, 1.82) is 0 Å². The molecule has 2 unspecified atom stereocenters. The summed E-state index contributed by atoms with van der Waals surface area (Å²) >= 11 is 0. The van der Waals surface area contributed by atoms with E-state index in [0.717, 1.165) is 18.5 Å². The van der Waals surface area contributed by atoms with Gasteiger partial charge in [-0.15, -0.1) is 0 Å². The number of carbonyl (C=O) groups excluding carboxylic acids is 1. The van der Waals surface area contributed by atoms with E-state index in [1.807, 2.05) is 30.3 Å². The first kappa shape index (κ1) is 14.6. The van der Waals surface area contributed by atoms with Gasteiger partial charge in [0.05, 0.1) is 6.10 Å². The molecule has 0 amide bonds. The molecule has 0 saturated carbocycles. The van der Waals surface area contributed by atoms with E-state index in [4.69, 9.17) is 10.8 Å². The van der Waals surface area contributed by atoms with Crippen LogP contribution in [0.3, 0.4) is 0 Å². The fourth-order valence-corrected chi connectivity index (χ4v) is 1.57. The molecule has 1 aromatic rings. The second kappa shape index (κ2) is 8.63. The van der Waals surface area contributed by atoms with Gasteiger partial charge in [-0.2, -0.15) is 0 Å². The van der Waals surface area contributed by atoms with Crippen LogP contribution in [0.15, 0.2) is 30.3 Å². The molecule has 4 N–H and O–H groups in total. The maximum Gasteiger partial charge on any atom is 0.293 e. The molecule has 1 heterocycles. The van der Waals surface area contributed by atoms with Crippen molar-refractivity contribution >= 4 is 6.47 Å². The number of β-amino-alcohol motifs (C(OH)–C–C–N with tert-alkyl or cyclic N) is 1. The van der Waals surface area contributed by atoms with Gasteiger partial charge in [-0.05, 0) is 18.5 Å². The number of aliphatic hydroxyl groups is 1. The van der Waals surface area contributed by atoms with Crippen LogP contribution in [0.4, 0.5) is 0 Å². The van der Waals surface area contributed by atoms with Crippen LogP contribution in [-0.4, -0.2) is 36.8 Å². The number of rotatable bonds is 3. The molecule has 0 aromatic heterocycles. The third-order valence-electron chi connectivity index (χ3n) is 2.66. The predicted octanol–water partition coefficient (Wildman–Crippen LogP) is 0.0275. The highest BCUT2D eigenvalue weighted by Crippen LogP contribution is 1.99. The molecular weight excluding hydrogens is 232 g/mol. The Hall–Kier alpha value is -1.43. The van der Waals surface area contributed by atoms with Crippen LogP contribution in [0.1, 0.15) is 12.0 Å². The minimum absolute atomic E-state index is 0.00347. The molecule has 0 bridgehead atoms. The van der Waals surface area contributed by atoms with Gasteiger partial charge in [0.1, 0.15) is 6.61 Å². The first-order valence-corrected chi connectivity index (χ1v) is 5.97. The topological polar surface area (TPSA) is 84.6 Å². The lowest BCUT2D eigenvalue weighted by Crippen LogP contribution is -2.48. The van der Waals surface area contributed by atoms with Crippen molar-refractivity contribution in [3.63, 3.8) is 0 Å². The summed E-state index contributed by atoms with van der Waals surface area (Å²) in [6, 6.07) is 9.54. The third-order valence-corrected chi connectivity index (χ3v) is 2.66. The number of hydrogen-bond acceptors (Lipinski definition) is 5. The fraction of sp³-hybridized carbons (Fsp3) is 0.462. The van der Waals surface area contributed by atoms with E-state index in [1.54, 1.807) is 0 Å². The van der Waals surface area contributed by atoms with Gasteiger partial charge in [0, 0.05) is 12.6 Å². The smallest absolute Gasteiger partial charge is 0.293 e. The summed E-state index contributed by atoms with van der Waals surface area (Å²) in [6.07, 6.45) is 0.560. The van der Waals surface area contributed by atoms with E-state index in [-0.39, 0.29) is 12.1 Å². The largest absolute Gasteiger partial charge is 0.463 e. The molecular formula is C13H20N2O3. The zero-order valence-electron chi connectivity index (χ0n) is 10.3. The SMILES string of the molecule is NC1CCNCC1O.O=COCc1ccccc1. The van der Waals surface area contributed by atoms with Gasteiger partial charge < -0.3 is 20.9 Å². The van der Waals surface area contributed by atoms with Gasteiger partial charge >= 0.3 is 0 Å². The Bertz CT molecular complexity index is 322. The lowest BCUT2D eigenvalue weighted by Gasteiger charge is -2.24. The molecule has 5 nitrogen and oxygen atoms in total. The minimum Gasteiger partial charge on any atom is -0.463 e. The zero-order chi connectivity index (χ0) is 13.2. The number of aliphatic hydroxyl groups excluding tert-OH is 1. The van der Waals surface area contributed by atoms with Crippen molar-refractivity contribution in [3.05, 3.63) is 35.9 Å². The number of benzene rings is 1. The van der Waals surface area contributed by atoms with Gasteiger partial charge in [0.2, 0.25) is 0 Å². The van der Waals surface area contributed by atoms with Gasteiger partial charge in [-0.1, -0.05) is 30.3 Å². The summed E-state index contributed by atoms with van der Waals surface area (Å²) in [4.78, 5) is 9.76. The summed E-state index contributed by atoms with van der Waals surface area (Å²) in [5, 5.41) is 12.0. The van der Waals surface area contributed by atoms with Gasteiger partial charge in [0.25, 0.3) is 6.47 Å². The number of nitrogens with one attached hydrogen (secondary N) is 1. The summed E-state index contributed by atoms with van der Waals surface area (Å²) in [7, 11) is 0. The second-order valence-electron chi connectivity index (χ2n) is 4.12. The van der Waals surface area contributed by atoms with Gasteiger partial charge in [-0.3, -0.25) is 4.79 Å². The molecule has 2 rings (SSSR count). The highest BCUT2D eigenvalue weighted by Gasteiger charge is 2.17. The Morgan fingerprint density at radius 3 is 2.67 bits per heavy atom. The van der Waals surface area contributed by atoms with E-state index in [2.05, 4.69) is 10.1 Å². The first-order valence-electron chi connectivity index (χ1n) is 5.97. The quantitative estimate of drug-likeness (QED) is 0.661. The Kier molecular flexibility index (Phi) is 7.01. The van der Waals surface area contributed by atoms with Crippen LogP contribution in [0.25, 0.3) is 0 Å². The molecule has 2 atom stereocenters. The summed E-state index contributed by atoms with van der Waals surface area (Å²) in [5.41, 5.74) is 6.50. The lowest BCUT2D eigenvalue weighted by molar-refractivity contribution is -0.129. The number of hydrogen-bond donors (Lipinski definition) is 3. The molecule has 0 spiro atoms. The fourth-order valence-electron chi connectivity index (χ4n) is 1.57. The van der Waals surface area contributed by atoms with E-state index >= 15 is 0 Å². The summed E-state index contributed by atoms with van der Waals surface area (Å²) < 4.78 is 4.54. The average molecular weight is 252 g/mol. The monoisotopic (exact) mass is 252 g/mol. The summed E-state index contributed by atoms with van der Waals surface area (Å²) in [5.74, 6) is 0. The van der Waals surface area contributed by atoms with Crippen molar-refractivity contribution < 1.29 is 14.6 Å². The van der Waals surface area contributed by atoms with Crippen LogP contribution in [-0.2, 0) is 16.1 Å². The van der Waals surface area contributed by atoms with Crippen LogP contribution in [0.2, 0.25) is 0 Å². The number of nitrogens with two attached hydrogens (primary N) is 1. The van der Waals surface area contributed by atoms with Crippen molar-refractivity contribution in [2.75, 3.05) is 13.1 Å². The van der Waals surface area contributed by atoms with E-state index in [9.17, 15) is 4.79 Å².